The Bertz CT molecular complexity index is 313. The van der Waals surface area contributed by atoms with E-state index in [4.69, 9.17) is 4.74 Å². The molecule has 0 spiro atoms. The molecule has 2 saturated heterocycles. The van der Waals surface area contributed by atoms with E-state index in [1.165, 1.54) is 6.42 Å². The molecule has 2 unspecified atom stereocenters. The molecule has 3 aliphatic rings. The Hall–Kier alpha value is -0.770. The number of nitrogens with zero attached hydrogens (tertiary/aromatic N) is 2. The number of fused-ring (bicyclic) bond motifs is 1. The van der Waals surface area contributed by atoms with Gasteiger partial charge in [0, 0.05) is 19.6 Å². The van der Waals surface area contributed by atoms with Crippen LogP contribution in [0.15, 0.2) is 0 Å². The van der Waals surface area contributed by atoms with Crippen LogP contribution in [0.4, 0.5) is 4.79 Å². The van der Waals surface area contributed by atoms with Crippen LogP contribution in [0, 0.1) is 5.92 Å². The van der Waals surface area contributed by atoms with Crippen LogP contribution in [0.25, 0.3) is 0 Å². The van der Waals surface area contributed by atoms with Gasteiger partial charge in [0.25, 0.3) is 0 Å². The molecule has 0 bridgehead atoms. The number of rotatable bonds is 0. The van der Waals surface area contributed by atoms with Gasteiger partial charge in [0.1, 0.15) is 0 Å². The monoisotopic (exact) mass is 252 g/mol. The fraction of sp³-hybridized carbons (Fsp3) is 0.929. The molecule has 2 atom stereocenters. The molecule has 18 heavy (non-hydrogen) atoms. The van der Waals surface area contributed by atoms with Crippen LogP contribution in [0.5, 0.6) is 0 Å². The topological polar surface area (TPSA) is 32.8 Å². The number of likely N-dealkylation sites (tertiary alicyclic amines) is 1. The van der Waals surface area contributed by atoms with Crippen LogP contribution in [0.2, 0.25) is 0 Å². The van der Waals surface area contributed by atoms with Gasteiger partial charge in [-0.25, -0.2) is 4.79 Å². The zero-order valence-corrected chi connectivity index (χ0v) is 11.3. The molecule has 4 nitrogen and oxygen atoms in total. The van der Waals surface area contributed by atoms with Gasteiger partial charge in [-0.2, -0.15) is 0 Å². The average Bonchev–Trinajstić information content (AvgIpc) is 2.87. The van der Waals surface area contributed by atoms with Crippen molar-refractivity contribution >= 4 is 6.03 Å². The number of carbonyl (C=O) groups is 1. The van der Waals surface area contributed by atoms with Gasteiger partial charge in [-0.3, -0.25) is 0 Å². The molecule has 0 radical (unpaired) electrons. The summed E-state index contributed by atoms with van der Waals surface area (Å²) in [6, 6.07) is 0.618. The van der Waals surface area contributed by atoms with Gasteiger partial charge in [-0.1, -0.05) is 6.92 Å². The molecule has 0 aromatic heterocycles. The van der Waals surface area contributed by atoms with Gasteiger partial charge in [0.05, 0.1) is 18.8 Å². The predicted molar refractivity (Wildman–Crippen MR) is 69.5 cm³/mol. The van der Waals surface area contributed by atoms with Crippen LogP contribution < -0.4 is 0 Å². The van der Waals surface area contributed by atoms with Crippen LogP contribution in [-0.2, 0) is 4.74 Å². The van der Waals surface area contributed by atoms with E-state index in [1.807, 2.05) is 0 Å². The molecule has 1 saturated carbocycles. The van der Waals surface area contributed by atoms with E-state index < -0.39 is 0 Å². The lowest BCUT2D eigenvalue weighted by atomic mass is 9.99. The zero-order chi connectivity index (χ0) is 12.5. The van der Waals surface area contributed by atoms with Gasteiger partial charge in [0.15, 0.2) is 0 Å². The third-order valence-electron chi connectivity index (χ3n) is 4.78. The summed E-state index contributed by atoms with van der Waals surface area (Å²) in [6.07, 6.45) is 6.09. The highest BCUT2D eigenvalue weighted by Gasteiger charge is 2.40. The lowest BCUT2D eigenvalue weighted by Gasteiger charge is -2.42. The van der Waals surface area contributed by atoms with Crippen molar-refractivity contribution in [3.05, 3.63) is 0 Å². The first kappa shape index (κ1) is 12.3. The smallest absolute Gasteiger partial charge is 0.320 e. The Kier molecular flexibility index (Phi) is 3.46. The van der Waals surface area contributed by atoms with Crippen molar-refractivity contribution in [1.29, 1.82) is 0 Å². The second-order valence-electron chi connectivity index (χ2n) is 6.05. The second kappa shape index (κ2) is 5.08. The second-order valence-corrected chi connectivity index (χ2v) is 6.05. The molecule has 3 rings (SSSR count). The molecule has 1 aliphatic carbocycles. The number of morpholine rings is 1. The summed E-state index contributed by atoms with van der Waals surface area (Å²) >= 11 is 0. The first-order valence-electron chi connectivity index (χ1n) is 7.43. The van der Waals surface area contributed by atoms with E-state index in [2.05, 4.69) is 16.7 Å². The minimum atomic E-state index is 0.266. The van der Waals surface area contributed by atoms with Crippen molar-refractivity contribution in [2.75, 3.05) is 26.2 Å². The average molecular weight is 252 g/mol. The lowest BCUT2D eigenvalue weighted by Crippen LogP contribution is -2.56. The highest BCUT2D eigenvalue weighted by Crippen LogP contribution is 2.30. The van der Waals surface area contributed by atoms with Gasteiger partial charge in [-0.05, 0) is 38.0 Å². The highest BCUT2D eigenvalue weighted by atomic mass is 16.5. The summed E-state index contributed by atoms with van der Waals surface area (Å²) in [5, 5.41) is 0. The van der Waals surface area contributed by atoms with E-state index in [1.54, 1.807) is 0 Å². The van der Waals surface area contributed by atoms with Crippen molar-refractivity contribution in [2.24, 2.45) is 5.92 Å². The molecule has 0 aromatic rings. The van der Waals surface area contributed by atoms with Crippen molar-refractivity contribution in [2.45, 2.75) is 51.2 Å². The molecular formula is C14H24N2O2. The molecule has 102 valence electrons. The predicted octanol–water partition coefficient (Wildman–Crippen LogP) is 2.09. The molecule has 2 aliphatic heterocycles. The Labute approximate surface area is 109 Å². The Morgan fingerprint density at radius 2 is 1.89 bits per heavy atom. The van der Waals surface area contributed by atoms with E-state index in [-0.39, 0.29) is 6.03 Å². The molecule has 0 N–H and O–H groups in total. The van der Waals surface area contributed by atoms with Crippen LogP contribution in [-0.4, -0.2) is 54.2 Å². The zero-order valence-electron chi connectivity index (χ0n) is 11.3. The van der Waals surface area contributed by atoms with Crippen molar-refractivity contribution in [3.63, 3.8) is 0 Å². The summed E-state index contributed by atoms with van der Waals surface area (Å²) in [5.41, 5.74) is 0. The van der Waals surface area contributed by atoms with Gasteiger partial charge < -0.3 is 14.5 Å². The van der Waals surface area contributed by atoms with E-state index in [0.717, 1.165) is 57.8 Å². The summed E-state index contributed by atoms with van der Waals surface area (Å²) in [5.74, 6) is 0.776. The van der Waals surface area contributed by atoms with E-state index in [0.29, 0.717) is 12.1 Å². The summed E-state index contributed by atoms with van der Waals surface area (Å²) in [7, 11) is 0. The largest absolute Gasteiger partial charge is 0.374 e. The maximum atomic E-state index is 12.6. The molecular weight excluding hydrogens is 228 g/mol. The van der Waals surface area contributed by atoms with Crippen molar-refractivity contribution in [3.8, 4) is 0 Å². The number of hydrogen-bond donors (Lipinski definition) is 0. The van der Waals surface area contributed by atoms with E-state index in [9.17, 15) is 4.79 Å². The molecule has 2 heterocycles. The highest BCUT2D eigenvalue weighted by molar-refractivity contribution is 5.75. The number of amides is 2. The summed E-state index contributed by atoms with van der Waals surface area (Å²) < 4.78 is 5.77. The van der Waals surface area contributed by atoms with Crippen LogP contribution in [0.1, 0.15) is 39.0 Å². The molecule has 3 fully saturated rings. The number of piperidine rings is 1. The number of urea groups is 1. The minimum absolute atomic E-state index is 0.266. The summed E-state index contributed by atoms with van der Waals surface area (Å²) in [6.45, 7) is 5.66. The first-order chi connectivity index (χ1) is 8.75. The van der Waals surface area contributed by atoms with Gasteiger partial charge in [0.2, 0.25) is 0 Å². The first-order valence-corrected chi connectivity index (χ1v) is 7.43. The Balaban J connectivity index is 1.64. The SMILES string of the molecule is CC1CCN(C(=O)N2CCOC3CCCC32)CC1. The quantitative estimate of drug-likeness (QED) is 0.661. The number of carbonyl (C=O) groups excluding carboxylic acids is 1. The molecule has 0 aromatic carbocycles. The van der Waals surface area contributed by atoms with Crippen molar-refractivity contribution < 1.29 is 9.53 Å². The fourth-order valence-electron chi connectivity index (χ4n) is 3.54. The molecule has 2 amide bonds. The van der Waals surface area contributed by atoms with Crippen LogP contribution >= 0.6 is 0 Å². The maximum absolute atomic E-state index is 12.6. The van der Waals surface area contributed by atoms with Crippen LogP contribution in [0.3, 0.4) is 0 Å². The standard InChI is InChI=1S/C14H24N2O2/c1-11-5-7-15(8-6-11)14(17)16-9-10-18-13-4-2-3-12(13)16/h11-13H,2-10H2,1H3. The molecule has 4 heteroatoms. The minimum Gasteiger partial charge on any atom is -0.374 e. The fourth-order valence-corrected chi connectivity index (χ4v) is 3.54. The van der Waals surface area contributed by atoms with Gasteiger partial charge >= 0.3 is 6.03 Å². The third kappa shape index (κ3) is 2.22. The Morgan fingerprint density at radius 3 is 2.67 bits per heavy atom. The maximum Gasteiger partial charge on any atom is 0.320 e. The van der Waals surface area contributed by atoms with Crippen molar-refractivity contribution in [1.82, 2.24) is 9.80 Å². The van der Waals surface area contributed by atoms with Gasteiger partial charge in [-0.15, -0.1) is 0 Å². The third-order valence-corrected chi connectivity index (χ3v) is 4.78. The lowest BCUT2D eigenvalue weighted by molar-refractivity contribution is -0.0444. The Morgan fingerprint density at radius 1 is 1.11 bits per heavy atom. The van der Waals surface area contributed by atoms with E-state index >= 15 is 0 Å². The normalized spacial score (nSPS) is 33.6. The number of hydrogen-bond acceptors (Lipinski definition) is 2. The summed E-state index contributed by atoms with van der Waals surface area (Å²) in [4.78, 5) is 16.7. The number of ether oxygens (including phenoxy) is 1.